The second-order valence-corrected chi connectivity index (χ2v) is 8.64. The molecule has 1 N–H and O–H groups in total. The molecule has 0 spiro atoms. The lowest BCUT2D eigenvalue weighted by atomic mass is 10.2. The zero-order chi connectivity index (χ0) is 21.2. The summed E-state index contributed by atoms with van der Waals surface area (Å²) >= 11 is 1.36. The molecule has 1 aromatic carbocycles. The SMILES string of the molecule is COc1ccc(C(=O)Nc2nc3c(s2)CN(C(=O)OC(C)(C)C)CC3)c(OC)c1. The summed E-state index contributed by atoms with van der Waals surface area (Å²) in [6, 6.07) is 4.99. The first-order valence-corrected chi connectivity index (χ1v) is 10.0. The molecule has 1 aliphatic heterocycles. The number of carbonyl (C=O) groups excluding carboxylic acids is 2. The normalized spacial score (nSPS) is 13.5. The van der Waals surface area contributed by atoms with Crippen molar-refractivity contribution in [2.45, 2.75) is 39.3 Å². The lowest BCUT2D eigenvalue weighted by Gasteiger charge is -2.29. The number of thiazole rings is 1. The minimum absolute atomic E-state index is 0.320. The van der Waals surface area contributed by atoms with E-state index in [1.807, 2.05) is 20.8 Å². The van der Waals surface area contributed by atoms with Gasteiger partial charge in [-0.3, -0.25) is 10.1 Å². The number of carbonyl (C=O) groups is 2. The van der Waals surface area contributed by atoms with Crippen LogP contribution in [0.15, 0.2) is 18.2 Å². The Hall–Kier alpha value is -2.81. The highest BCUT2D eigenvalue weighted by Crippen LogP contribution is 2.31. The summed E-state index contributed by atoms with van der Waals surface area (Å²) in [6.45, 7) is 6.48. The maximum Gasteiger partial charge on any atom is 0.410 e. The molecule has 9 heteroatoms. The van der Waals surface area contributed by atoms with Crippen molar-refractivity contribution < 1.29 is 23.8 Å². The summed E-state index contributed by atoms with van der Waals surface area (Å²) in [5.41, 5.74) is 0.741. The summed E-state index contributed by atoms with van der Waals surface area (Å²) in [6.07, 6.45) is 0.275. The minimum Gasteiger partial charge on any atom is -0.497 e. The predicted octanol–water partition coefficient (Wildman–Crippen LogP) is 3.71. The van der Waals surface area contributed by atoms with Crippen molar-refractivity contribution in [3.8, 4) is 11.5 Å². The molecule has 0 saturated heterocycles. The summed E-state index contributed by atoms with van der Waals surface area (Å²) in [7, 11) is 3.05. The maximum atomic E-state index is 12.7. The molecule has 2 aromatic rings. The molecule has 156 valence electrons. The number of hydrogen-bond acceptors (Lipinski definition) is 7. The van der Waals surface area contributed by atoms with E-state index in [2.05, 4.69) is 10.3 Å². The highest BCUT2D eigenvalue weighted by molar-refractivity contribution is 7.15. The molecule has 0 fully saturated rings. The average Bonchev–Trinajstić information content (AvgIpc) is 3.07. The number of nitrogens with one attached hydrogen (secondary N) is 1. The Labute approximate surface area is 173 Å². The average molecular weight is 420 g/mol. The van der Waals surface area contributed by atoms with Crippen molar-refractivity contribution in [1.82, 2.24) is 9.88 Å². The molecule has 0 saturated carbocycles. The molecule has 8 nitrogen and oxygen atoms in total. The quantitative estimate of drug-likeness (QED) is 0.813. The number of methoxy groups -OCH3 is 2. The van der Waals surface area contributed by atoms with Crippen LogP contribution >= 0.6 is 11.3 Å². The Morgan fingerprint density at radius 2 is 1.97 bits per heavy atom. The van der Waals surface area contributed by atoms with Gasteiger partial charge in [-0.1, -0.05) is 11.3 Å². The monoisotopic (exact) mass is 419 g/mol. The van der Waals surface area contributed by atoms with Gasteiger partial charge in [-0.05, 0) is 32.9 Å². The number of nitrogens with zero attached hydrogens (tertiary/aromatic N) is 2. The van der Waals surface area contributed by atoms with Gasteiger partial charge in [-0.25, -0.2) is 9.78 Å². The van der Waals surface area contributed by atoms with Gasteiger partial charge in [-0.15, -0.1) is 0 Å². The van der Waals surface area contributed by atoms with E-state index in [-0.39, 0.29) is 12.0 Å². The Morgan fingerprint density at radius 3 is 2.62 bits per heavy atom. The van der Waals surface area contributed by atoms with Crippen LogP contribution in [-0.2, 0) is 17.7 Å². The van der Waals surface area contributed by atoms with Crippen molar-refractivity contribution in [2.75, 3.05) is 26.1 Å². The van der Waals surface area contributed by atoms with Gasteiger partial charge >= 0.3 is 6.09 Å². The van der Waals surface area contributed by atoms with E-state index in [1.54, 1.807) is 30.2 Å². The van der Waals surface area contributed by atoms with Crippen LogP contribution in [0.25, 0.3) is 0 Å². The fraction of sp³-hybridized carbons (Fsp3) is 0.450. The van der Waals surface area contributed by atoms with E-state index in [9.17, 15) is 9.59 Å². The van der Waals surface area contributed by atoms with Gasteiger partial charge in [0.2, 0.25) is 0 Å². The number of amides is 2. The summed E-state index contributed by atoms with van der Waals surface area (Å²) in [5.74, 6) is 0.698. The number of benzene rings is 1. The van der Waals surface area contributed by atoms with Gasteiger partial charge in [-0.2, -0.15) is 0 Å². The van der Waals surface area contributed by atoms with E-state index >= 15 is 0 Å². The van der Waals surface area contributed by atoms with Crippen LogP contribution in [0.2, 0.25) is 0 Å². The molecule has 0 bridgehead atoms. The fourth-order valence-electron chi connectivity index (χ4n) is 2.88. The Bertz CT molecular complexity index is 919. The van der Waals surface area contributed by atoms with Gasteiger partial charge in [0.05, 0.1) is 32.0 Å². The molecule has 0 aliphatic carbocycles. The molecule has 1 aromatic heterocycles. The third kappa shape index (κ3) is 4.97. The molecule has 1 aliphatic rings. The number of anilines is 1. The summed E-state index contributed by atoms with van der Waals surface area (Å²) < 4.78 is 15.9. The zero-order valence-corrected chi connectivity index (χ0v) is 18.0. The second-order valence-electron chi connectivity index (χ2n) is 7.56. The van der Waals surface area contributed by atoms with Gasteiger partial charge in [0, 0.05) is 23.9 Å². The lowest BCUT2D eigenvalue weighted by molar-refractivity contribution is 0.0225. The van der Waals surface area contributed by atoms with Gasteiger partial charge in [0.25, 0.3) is 5.91 Å². The maximum absolute atomic E-state index is 12.7. The number of rotatable bonds is 4. The van der Waals surface area contributed by atoms with Gasteiger partial charge < -0.3 is 19.1 Å². The van der Waals surface area contributed by atoms with Crippen LogP contribution in [0.5, 0.6) is 11.5 Å². The molecule has 0 radical (unpaired) electrons. The fourth-order valence-corrected chi connectivity index (χ4v) is 3.90. The summed E-state index contributed by atoms with van der Waals surface area (Å²) in [4.78, 5) is 32.1. The number of ether oxygens (including phenoxy) is 3. The number of fused-ring (bicyclic) bond motifs is 1. The first-order valence-electron chi connectivity index (χ1n) is 9.20. The van der Waals surface area contributed by atoms with Crippen LogP contribution in [0.1, 0.15) is 41.7 Å². The molecular formula is C20H25N3O5S. The van der Waals surface area contributed by atoms with E-state index in [1.165, 1.54) is 18.4 Å². The van der Waals surface area contributed by atoms with Crippen molar-refractivity contribution in [1.29, 1.82) is 0 Å². The Kier molecular flexibility index (Phi) is 5.97. The zero-order valence-electron chi connectivity index (χ0n) is 17.2. The van der Waals surface area contributed by atoms with E-state index in [4.69, 9.17) is 14.2 Å². The second kappa shape index (κ2) is 8.28. The van der Waals surface area contributed by atoms with Crippen LogP contribution in [0.4, 0.5) is 9.93 Å². The molecule has 3 rings (SSSR count). The third-order valence-corrected chi connectivity index (χ3v) is 5.25. The van der Waals surface area contributed by atoms with E-state index in [0.717, 1.165) is 10.6 Å². The summed E-state index contributed by atoms with van der Waals surface area (Å²) in [5, 5.41) is 3.31. The smallest absolute Gasteiger partial charge is 0.410 e. The highest BCUT2D eigenvalue weighted by Gasteiger charge is 2.28. The van der Waals surface area contributed by atoms with Crippen LogP contribution < -0.4 is 14.8 Å². The molecule has 0 atom stereocenters. The predicted molar refractivity (Wildman–Crippen MR) is 110 cm³/mol. The number of hydrogen-bond donors (Lipinski definition) is 1. The minimum atomic E-state index is -0.540. The molecular weight excluding hydrogens is 394 g/mol. The lowest BCUT2D eigenvalue weighted by Crippen LogP contribution is -2.39. The Balaban J connectivity index is 1.71. The molecule has 2 amide bonds. The molecule has 0 unspecified atom stereocenters. The molecule has 2 heterocycles. The van der Waals surface area contributed by atoms with Crippen molar-refractivity contribution >= 4 is 28.5 Å². The van der Waals surface area contributed by atoms with Crippen molar-refractivity contribution in [3.05, 3.63) is 34.3 Å². The van der Waals surface area contributed by atoms with Crippen molar-refractivity contribution in [3.63, 3.8) is 0 Å². The van der Waals surface area contributed by atoms with Crippen LogP contribution in [0.3, 0.4) is 0 Å². The topological polar surface area (TPSA) is 90.0 Å². The highest BCUT2D eigenvalue weighted by atomic mass is 32.1. The largest absolute Gasteiger partial charge is 0.497 e. The first kappa shape index (κ1) is 20.9. The van der Waals surface area contributed by atoms with E-state index < -0.39 is 5.60 Å². The van der Waals surface area contributed by atoms with Crippen LogP contribution in [-0.4, -0.2) is 48.2 Å². The number of aromatic nitrogens is 1. The van der Waals surface area contributed by atoms with E-state index in [0.29, 0.717) is 41.7 Å². The Morgan fingerprint density at radius 1 is 1.21 bits per heavy atom. The van der Waals surface area contributed by atoms with Crippen molar-refractivity contribution in [2.24, 2.45) is 0 Å². The first-order chi connectivity index (χ1) is 13.7. The van der Waals surface area contributed by atoms with Gasteiger partial charge in [0.15, 0.2) is 5.13 Å². The third-order valence-electron chi connectivity index (χ3n) is 4.26. The standard InChI is InChI=1S/C20H25N3O5S/c1-20(2,3)28-19(25)23-9-8-14-16(11-23)29-18(21-14)22-17(24)13-7-6-12(26-4)10-15(13)27-5/h6-7,10H,8-9,11H2,1-5H3,(H,21,22,24). The molecule has 29 heavy (non-hydrogen) atoms. The van der Waals surface area contributed by atoms with Crippen LogP contribution in [0, 0.1) is 0 Å². The van der Waals surface area contributed by atoms with Gasteiger partial charge in [0.1, 0.15) is 17.1 Å².